The number of aliphatic hydroxyl groups is 1. The fourth-order valence-corrected chi connectivity index (χ4v) is 3.05. The molecule has 1 aromatic carbocycles. The molecule has 3 N–H and O–H groups in total. The van der Waals surface area contributed by atoms with E-state index < -0.39 is 0 Å². The summed E-state index contributed by atoms with van der Waals surface area (Å²) in [6, 6.07) is 4.23. The van der Waals surface area contributed by atoms with E-state index in [1.807, 2.05) is 12.1 Å². The molecule has 1 fully saturated rings. The van der Waals surface area contributed by atoms with Crippen LogP contribution in [0.5, 0.6) is 5.75 Å². The van der Waals surface area contributed by atoms with Crippen LogP contribution in [0.3, 0.4) is 0 Å². The van der Waals surface area contributed by atoms with Crippen molar-refractivity contribution in [2.75, 3.05) is 19.5 Å². The maximum absolute atomic E-state index is 9.20. The van der Waals surface area contributed by atoms with Crippen molar-refractivity contribution >= 4 is 16.6 Å². The van der Waals surface area contributed by atoms with Gasteiger partial charge in [-0.3, -0.25) is 4.68 Å². The van der Waals surface area contributed by atoms with Crippen LogP contribution >= 0.6 is 0 Å². The van der Waals surface area contributed by atoms with Crippen molar-refractivity contribution in [3.63, 3.8) is 0 Å². The van der Waals surface area contributed by atoms with Crippen LogP contribution in [0.1, 0.15) is 31.7 Å². The molecule has 0 spiro atoms. The van der Waals surface area contributed by atoms with Gasteiger partial charge in [-0.2, -0.15) is 5.10 Å². The zero-order valence-electron chi connectivity index (χ0n) is 11.7. The van der Waals surface area contributed by atoms with E-state index in [2.05, 4.69) is 16.0 Å². The molecule has 5 nitrogen and oxygen atoms in total. The van der Waals surface area contributed by atoms with Gasteiger partial charge in [0.25, 0.3) is 0 Å². The van der Waals surface area contributed by atoms with Gasteiger partial charge >= 0.3 is 0 Å². The minimum atomic E-state index is 0.307. The second-order valence-electron chi connectivity index (χ2n) is 5.62. The molecule has 1 heterocycles. The molecule has 0 amide bonds. The third-order valence-electron chi connectivity index (χ3n) is 4.32. The number of hydrogen-bond acceptors (Lipinski definition) is 4. The van der Waals surface area contributed by atoms with Gasteiger partial charge in [0.05, 0.1) is 24.4 Å². The summed E-state index contributed by atoms with van der Waals surface area (Å²) in [5.74, 6) is 1.14. The largest absolute Gasteiger partial charge is 0.495 e. The Hall–Kier alpha value is -1.75. The lowest BCUT2D eigenvalue weighted by atomic mass is 9.87. The first-order valence-corrected chi connectivity index (χ1v) is 7.14. The van der Waals surface area contributed by atoms with Gasteiger partial charge in [-0.15, -0.1) is 0 Å². The number of benzene rings is 1. The van der Waals surface area contributed by atoms with Crippen LogP contribution in [0.25, 0.3) is 10.9 Å². The van der Waals surface area contributed by atoms with Crippen molar-refractivity contribution in [3.8, 4) is 5.75 Å². The first-order valence-electron chi connectivity index (χ1n) is 7.14. The van der Waals surface area contributed by atoms with Gasteiger partial charge in [-0.25, -0.2) is 0 Å². The number of methoxy groups -OCH3 is 1. The lowest BCUT2D eigenvalue weighted by molar-refractivity contribution is 0.165. The van der Waals surface area contributed by atoms with E-state index in [9.17, 15) is 5.11 Å². The molecular weight excluding hydrogens is 254 g/mol. The van der Waals surface area contributed by atoms with Gasteiger partial charge in [0.1, 0.15) is 5.75 Å². The fourth-order valence-electron chi connectivity index (χ4n) is 3.05. The van der Waals surface area contributed by atoms with E-state index in [0.717, 1.165) is 36.6 Å². The number of anilines is 1. The Kier molecular flexibility index (Phi) is 3.53. The van der Waals surface area contributed by atoms with Crippen molar-refractivity contribution in [2.24, 2.45) is 5.92 Å². The molecule has 20 heavy (non-hydrogen) atoms. The van der Waals surface area contributed by atoms with Crippen LogP contribution in [0, 0.1) is 5.92 Å². The smallest absolute Gasteiger partial charge is 0.144 e. The maximum atomic E-state index is 9.20. The monoisotopic (exact) mass is 275 g/mol. The van der Waals surface area contributed by atoms with E-state index >= 15 is 0 Å². The molecule has 5 heteroatoms. The van der Waals surface area contributed by atoms with Crippen molar-refractivity contribution in [3.05, 3.63) is 18.3 Å². The maximum Gasteiger partial charge on any atom is 0.144 e. The molecule has 1 saturated carbocycles. The van der Waals surface area contributed by atoms with Gasteiger partial charge in [-0.05, 0) is 37.7 Å². The highest BCUT2D eigenvalue weighted by atomic mass is 16.5. The van der Waals surface area contributed by atoms with E-state index in [1.54, 1.807) is 7.11 Å². The zero-order valence-corrected chi connectivity index (χ0v) is 11.7. The Morgan fingerprint density at radius 2 is 2.10 bits per heavy atom. The van der Waals surface area contributed by atoms with Crippen molar-refractivity contribution in [1.82, 2.24) is 9.78 Å². The minimum Gasteiger partial charge on any atom is -0.495 e. The van der Waals surface area contributed by atoms with Crippen molar-refractivity contribution in [2.45, 2.75) is 31.7 Å². The van der Waals surface area contributed by atoms with Crippen LogP contribution in [0.15, 0.2) is 18.3 Å². The number of nitrogens with zero attached hydrogens (tertiary/aromatic N) is 2. The molecule has 0 saturated heterocycles. The Balaban J connectivity index is 1.86. The number of nitrogens with two attached hydrogens (primary N) is 1. The second-order valence-corrected chi connectivity index (χ2v) is 5.62. The molecule has 0 atom stereocenters. The SMILES string of the molecule is COc1cc2nn(C3CCC(CO)CC3)cc2cc1N. The Morgan fingerprint density at radius 1 is 1.35 bits per heavy atom. The van der Waals surface area contributed by atoms with Crippen LogP contribution in [0.4, 0.5) is 5.69 Å². The van der Waals surface area contributed by atoms with E-state index in [-0.39, 0.29) is 0 Å². The summed E-state index contributed by atoms with van der Waals surface area (Å²) in [7, 11) is 1.62. The molecular formula is C15H21N3O2. The van der Waals surface area contributed by atoms with Gasteiger partial charge in [0.2, 0.25) is 0 Å². The molecule has 2 aromatic rings. The van der Waals surface area contributed by atoms with Crippen LogP contribution < -0.4 is 10.5 Å². The highest BCUT2D eigenvalue weighted by Crippen LogP contribution is 2.33. The number of nitrogen functional groups attached to an aromatic ring is 1. The Morgan fingerprint density at radius 3 is 2.75 bits per heavy atom. The van der Waals surface area contributed by atoms with E-state index in [0.29, 0.717) is 30.0 Å². The van der Waals surface area contributed by atoms with E-state index in [1.165, 1.54) is 0 Å². The van der Waals surface area contributed by atoms with Crippen LogP contribution in [-0.2, 0) is 0 Å². The topological polar surface area (TPSA) is 73.3 Å². The molecule has 1 aliphatic carbocycles. The predicted octanol–water partition coefficient (Wildman–Crippen LogP) is 2.35. The zero-order chi connectivity index (χ0) is 14.1. The number of aromatic nitrogens is 2. The van der Waals surface area contributed by atoms with Gasteiger partial charge in [0.15, 0.2) is 0 Å². The second kappa shape index (κ2) is 5.32. The fraction of sp³-hybridized carbons (Fsp3) is 0.533. The third-order valence-corrected chi connectivity index (χ3v) is 4.32. The first kappa shape index (κ1) is 13.2. The first-order chi connectivity index (χ1) is 9.71. The summed E-state index contributed by atoms with van der Waals surface area (Å²) in [5, 5.41) is 14.9. The summed E-state index contributed by atoms with van der Waals surface area (Å²) in [6.07, 6.45) is 6.36. The summed E-state index contributed by atoms with van der Waals surface area (Å²) >= 11 is 0. The number of rotatable bonds is 3. The molecule has 3 rings (SSSR count). The molecule has 0 unspecified atom stereocenters. The average molecular weight is 275 g/mol. The predicted molar refractivity (Wildman–Crippen MR) is 78.8 cm³/mol. The molecule has 0 aliphatic heterocycles. The standard InChI is InChI=1S/C15H21N3O2/c1-20-15-7-14-11(6-13(15)16)8-18(17-14)12-4-2-10(9-19)3-5-12/h6-8,10,12,19H,2-5,9,16H2,1H3. The lowest BCUT2D eigenvalue weighted by Crippen LogP contribution is -2.20. The molecule has 1 aliphatic rings. The summed E-state index contributed by atoms with van der Waals surface area (Å²) < 4.78 is 7.29. The average Bonchev–Trinajstić information content (AvgIpc) is 2.89. The van der Waals surface area contributed by atoms with Gasteiger partial charge in [0, 0.05) is 24.3 Å². The highest BCUT2D eigenvalue weighted by molar-refractivity contribution is 5.84. The normalized spacial score (nSPS) is 23.1. The summed E-state index contributed by atoms with van der Waals surface area (Å²) in [6.45, 7) is 0.307. The Bertz CT molecular complexity index is 600. The van der Waals surface area contributed by atoms with Gasteiger partial charge < -0.3 is 15.6 Å². The highest BCUT2D eigenvalue weighted by Gasteiger charge is 2.22. The minimum absolute atomic E-state index is 0.307. The number of ether oxygens (including phenoxy) is 1. The quantitative estimate of drug-likeness (QED) is 0.843. The number of fused-ring (bicyclic) bond motifs is 1. The molecule has 0 radical (unpaired) electrons. The molecule has 0 bridgehead atoms. The summed E-state index contributed by atoms with van der Waals surface area (Å²) in [5.41, 5.74) is 7.49. The van der Waals surface area contributed by atoms with E-state index in [4.69, 9.17) is 10.5 Å². The lowest BCUT2D eigenvalue weighted by Gasteiger charge is -2.27. The summed E-state index contributed by atoms with van der Waals surface area (Å²) in [4.78, 5) is 0. The molecule has 1 aromatic heterocycles. The van der Waals surface area contributed by atoms with Gasteiger partial charge in [-0.1, -0.05) is 0 Å². The number of hydrogen-bond donors (Lipinski definition) is 2. The third kappa shape index (κ3) is 2.33. The number of aliphatic hydroxyl groups excluding tert-OH is 1. The van der Waals surface area contributed by atoms with Crippen molar-refractivity contribution in [1.29, 1.82) is 0 Å². The Labute approximate surface area is 118 Å². The van der Waals surface area contributed by atoms with Crippen LogP contribution in [-0.4, -0.2) is 28.6 Å². The molecule has 108 valence electrons. The van der Waals surface area contributed by atoms with Crippen molar-refractivity contribution < 1.29 is 9.84 Å². The van der Waals surface area contributed by atoms with Crippen LogP contribution in [0.2, 0.25) is 0 Å².